The average molecular weight is 473 g/mol. The molecule has 4 rings (SSSR count). The van der Waals surface area contributed by atoms with Gasteiger partial charge in [-0.2, -0.15) is 0 Å². The molecule has 2 aromatic rings. The van der Waals surface area contributed by atoms with Crippen molar-refractivity contribution in [2.24, 2.45) is 0 Å². The van der Waals surface area contributed by atoms with Crippen molar-refractivity contribution in [3.05, 3.63) is 58.6 Å². The van der Waals surface area contributed by atoms with Crippen molar-refractivity contribution in [3.63, 3.8) is 0 Å². The van der Waals surface area contributed by atoms with Crippen LogP contribution in [-0.4, -0.2) is 47.6 Å². The van der Waals surface area contributed by atoms with Gasteiger partial charge in [0.15, 0.2) is 0 Å². The summed E-state index contributed by atoms with van der Waals surface area (Å²) in [7, 11) is 0. The smallest absolute Gasteiger partial charge is 0.329 e. The third-order valence-corrected chi connectivity index (χ3v) is 6.35. The molecule has 30 heavy (non-hydrogen) atoms. The molecule has 2 heterocycles. The summed E-state index contributed by atoms with van der Waals surface area (Å²) in [6, 6.07) is 13.5. The number of aliphatic hydroxyl groups is 1. The normalized spacial score (nSPS) is 23.8. The first-order chi connectivity index (χ1) is 14.4. The number of anilines is 2. The number of likely N-dealkylation sites (N-methyl/N-ethyl adjacent to an activating group) is 1. The molecule has 3 amide bonds. The zero-order valence-corrected chi connectivity index (χ0v) is 18.4. The van der Waals surface area contributed by atoms with Crippen molar-refractivity contribution in [2.75, 3.05) is 29.9 Å². The number of benzene rings is 2. The van der Waals surface area contributed by atoms with Crippen LogP contribution in [0.1, 0.15) is 25.3 Å². The number of urea groups is 1. The van der Waals surface area contributed by atoms with Gasteiger partial charge >= 0.3 is 6.03 Å². The van der Waals surface area contributed by atoms with Crippen LogP contribution in [0.3, 0.4) is 0 Å². The number of para-hydroxylation sites is 1. The molecule has 7 nitrogen and oxygen atoms in total. The Morgan fingerprint density at radius 2 is 2.07 bits per heavy atom. The van der Waals surface area contributed by atoms with Crippen LogP contribution in [0.2, 0.25) is 0 Å². The number of rotatable bonds is 5. The van der Waals surface area contributed by atoms with Crippen molar-refractivity contribution >= 4 is 39.2 Å². The molecule has 2 aromatic carbocycles. The largest absolute Gasteiger partial charge is 0.359 e. The Bertz CT molecular complexity index is 955. The van der Waals surface area contributed by atoms with Crippen LogP contribution >= 0.6 is 15.9 Å². The van der Waals surface area contributed by atoms with Gasteiger partial charge in [0, 0.05) is 28.3 Å². The topological polar surface area (TPSA) is 84.9 Å². The minimum absolute atomic E-state index is 0.229. The SMILES string of the molecule is CCN1CCC[C@@H]1CNC(=O)[C@]1(O)c2cc(Br)ccc2NC(=O)N1c1ccccc1. The number of carbonyl (C=O) groups is 2. The number of nitrogens with one attached hydrogen (secondary N) is 2. The fraction of sp³-hybridized carbons (Fsp3) is 0.364. The molecule has 0 spiro atoms. The molecule has 0 aliphatic carbocycles. The van der Waals surface area contributed by atoms with Crippen molar-refractivity contribution in [3.8, 4) is 0 Å². The molecule has 1 saturated heterocycles. The predicted molar refractivity (Wildman–Crippen MR) is 119 cm³/mol. The lowest BCUT2D eigenvalue weighted by Gasteiger charge is -2.43. The van der Waals surface area contributed by atoms with Crippen molar-refractivity contribution in [1.82, 2.24) is 10.2 Å². The molecule has 0 unspecified atom stereocenters. The van der Waals surface area contributed by atoms with Gasteiger partial charge in [0.1, 0.15) is 0 Å². The highest BCUT2D eigenvalue weighted by Crippen LogP contribution is 2.41. The highest BCUT2D eigenvalue weighted by molar-refractivity contribution is 9.10. The first kappa shape index (κ1) is 20.8. The van der Waals surface area contributed by atoms with Gasteiger partial charge in [-0.25, -0.2) is 4.79 Å². The van der Waals surface area contributed by atoms with E-state index in [0.717, 1.165) is 30.8 Å². The summed E-state index contributed by atoms with van der Waals surface area (Å²) in [6.07, 6.45) is 2.09. The Morgan fingerprint density at radius 3 is 2.80 bits per heavy atom. The third-order valence-electron chi connectivity index (χ3n) is 5.86. The summed E-state index contributed by atoms with van der Waals surface area (Å²) in [5, 5.41) is 17.5. The summed E-state index contributed by atoms with van der Waals surface area (Å²) in [5.74, 6) is -0.622. The fourth-order valence-electron chi connectivity index (χ4n) is 4.33. The number of nitrogens with zero attached hydrogens (tertiary/aromatic N) is 2. The first-order valence-electron chi connectivity index (χ1n) is 10.2. The number of hydrogen-bond donors (Lipinski definition) is 3. The molecule has 8 heteroatoms. The maximum absolute atomic E-state index is 13.5. The number of carbonyl (C=O) groups excluding carboxylic acids is 2. The van der Waals surface area contributed by atoms with E-state index in [1.807, 2.05) is 6.07 Å². The number of amides is 3. The number of fused-ring (bicyclic) bond motifs is 1. The van der Waals surface area contributed by atoms with E-state index in [1.165, 1.54) is 0 Å². The zero-order valence-electron chi connectivity index (χ0n) is 16.8. The van der Waals surface area contributed by atoms with Crippen LogP contribution in [0.4, 0.5) is 16.2 Å². The lowest BCUT2D eigenvalue weighted by molar-refractivity contribution is -0.140. The highest BCUT2D eigenvalue weighted by atomic mass is 79.9. The third kappa shape index (κ3) is 3.59. The molecule has 2 atom stereocenters. The standard InChI is InChI=1S/C22H25BrN4O3/c1-2-26-12-6-9-17(26)14-24-20(28)22(30)18-13-15(23)10-11-19(18)25-21(29)27(22)16-7-4-3-5-8-16/h3-5,7-8,10-11,13,17,30H,2,6,9,12,14H2,1H3,(H,24,28)(H,25,29)/t17-,22-/m1/s1. The van der Waals surface area contributed by atoms with Crippen LogP contribution in [0.15, 0.2) is 53.0 Å². The van der Waals surface area contributed by atoms with Gasteiger partial charge < -0.3 is 15.7 Å². The van der Waals surface area contributed by atoms with Crippen LogP contribution in [-0.2, 0) is 10.5 Å². The Hall–Kier alpha value is -2.42. The number of halogens is 1. The van der Waals surface area contributed by atoms with E-state index in [4.69, 9.17) is 0 Å². The van der Waals surface area contributed by atoms with Gasteiger partial charge in [0.25, 0.3) is 11.6 Å². The molecule has 2 aliphatic rings. The van der Waals surface area contributed by atoms with Crippen molar-refractivity contribution < 1.29 is 14.7 Å². The van der Waals surface area contributed by atoms with Gasteiger partial charge in [-0.3, -0.25) is 14.6 Å². The molecule has 2 aliphatic heterocycles. The zero-order chi connectivity index (χ0) is 21.3. The quantitative estimate of drug-likeness (QED) is 0.623. The van der Waals surface area contributed by atoms with E-state index in [-0.39, 0.29) is 6.04 Å². The lowest BCUT2D eigenvalue weighted by atomic mass is 9.94. The van der Waals surface area contributed by atoms with E-state index >= 15 is 0 Å². The summed E-state index contributed by atoms with van der Waals surface area (Å²) < 4.78 is 0.699. The van der Waals surface area contributed by atoms with E-state index in [2.05, 4.69) is 38.4 Å². The summed E-state index contributed by atoms with van der Waals surface area (Å²) >= 11 is 3.41. The maximum atomic E-state index is 13.5. The Morgan fingerprint density at radius 1 is 1.30 bits per heavy atom. The second kappa shape index (κ2) is 8.37. The molecule has 0 radical (unpaired) electrons. The van der Waals surface area contributed by atoms with Gasteiger partial charge in [-0.15, -0.1) is 0 Å². The van der Waals surface area contributed by atoms with Crippen LogP contribution in [0.25, 0.3) is 0 Å². The molecule has 0 saturated carbocycles. The average Bonchev–Trinajstić information content (AvgIpc) is 3.21. The van der Waals surface area contributed by atoms with Crippen LogP contribution < -0.4 is 15.5 Å². The minimum Gasteiger partial charge on any atom is -0.359 e. The molecule has 0 aromatic heterocycles. The van der Waals surface area contributed by atoms with Crippen molar-refractivity contribution in [1.29, 1.82) is 0 Å². The number of hydrogen-bond acceptors (Lipinski definition) is 4. The maximum Gasteiger partial charge on any atom is 0.329 e. The monoisotopic (exact) mass is 472 g/mol. The second-order valence-corrected chi connectivity index (χ2v) is 8.51. The van der Waals surface area contributed by atoms with Crippen molar-refractivity contribution in [2.45, 2.75) is 31.5 Å². The Kier molecular flexibility index (Phi) is 5.81. The summed E-state index contributed by atoms with van der Waals surface area (Å²) in [4.78, 5) is 29.9. The second-order valence-electron chi connectivity index (χ2n) is 7.60. The van der Waals surface area contributed by atoms with Gasteiger partial charge in [0.2, 0.25) is 0 Å². The van der Waals surface area contributed by atoms with Gasteiger partial charge in [-0.05, 0) is 56.3 Å². The molecule has 0 bridgehead atoms. The molecule has 158 valence electrons. The van der Waals surface area contributed by atoms with Gasteiger partial charge in [0.05, 0.1) is 5.69 Å². The Labute approximate surface area is 184 Å². The Balaban J connectivity index is 1.72. The summed E-state index contributed by atoms with van der Waals surface area (Å²) in [5.41, 5.74) is -1.03. The first-order valence-corrected chi connectivity index (χ1v) is 11.0. The minimum atomic E-state index is -2.18. The molecule has 3 N–H and O–H groups in total. The van der Waals surface area contributed by atoms with E-state index in [0.29, 0.717) is 28.0 Å². The number of likely N-dealkylation sites (tertiary alicyclic amines) is 1. The summed E-state index contributed by atoms with van der Waals surface area (Å²) in [6.45, 7) is 4.45. The predicted octanol–water partition coefficient (Wildman–Crippen LogP) is 3.25. The van der Waals surface area contributed by atoms with E-state index in [1.54, 1.807) is 42.5 Å². The van der Waals surface area contributed by atoms with Crippen LogP contribution in [0, 0.1) is 0 Å². The van der Waals surface area contributed by atoms with Crippen LogP contribution in [0.5, 0.6) is 0 Å². The highest BCUT2D eigenvalue weighted by Gasteiger charge is 2.52. The van der Waals surface area contributed by atoms with E-state index in [9.17, 15) is 14.7 Å². The lowest BCUT2D eigenvalue weighted by Crippen LogP contribution is -2.63. The molecular formula is C22H25BrN4O3. The fourth-order valence-corrected chi connectivity index (χ4v) is 4.69. The molecular weight excluding hydrogens is 448 g/mol. The molecule has 1 fully saturated rings. The van der Waals surface area contributed by atoms with Gasteiger partial charge in [-0.1, -0.05) is 41.1 Å². The van der Waals surface area contributed by atoms with E-state index < -0.39 is 17.7 Å².